The van der Waals surface area contributed by atoms with Crippen LogP contribution in [-0.2, 0) is 24.2 Å². The Balaban J connectivity index is 1.04. The summed E-state index contributed by atoms with van der Waals surface area (Å²) in [6, 6.07) is 14.5. The number of carbonyl (C=O) groups excluding carboxylic acids is 1. The maximum atomic E-state index is 13.5. The van der Waals surface area contributed by atoms with E-state index in [1.807, 2.05) is 34.5 Å². The number of nitrogens with zero attached hydrogens (tertiary/aromatic N) is 3. The van der Waals surface area contributed by atoms with Gasteiger partial charge in [0.15, 0.2) is 0 Å². The molecule has 1 N–H and O–H groups in total. The van der Waals surface area contributed by atoms with E-state index in [1.165, 1.54) is 45.4 Å². The molecule has 4 aromatic rings. The Morgan fingerprint density at radius 2 is 1.93 bits per heavy atom. The summed E-state index contributed by atoms with van der Waals surface area (Å²) in [4.78, 5) is 34.2. The third-order valence-electron chi connectivity index (χ3n) is 9.17. The second-order valence-corrected chi connectivity index (χ2v) is 13.2. The number of hydrogen-bond acceptors (Lipinski definition) is 5. The van der Waals surface area contributed by atoms with Crippen molar-refractivity contribution in [3.63, 3.8) is 0 Å². The number of amides is 1. The van der Waals surface area contributed by atoms with E-state index in [-0.39, 0.29) is 23.9 Å². The Kier molecular flexibility index (Phi) is 7.00. The molecule has 1 unspecified atom stereocenters. The zero-order chi connectivity index (χ0) is 28.1. The first-order chi connectivity index (χ1) is 19.9. The van der Waals surface area contributed by atoms with Crippen LogP contribution in [0.15, 0.2) is 59.0 Å². The molecule has 8 heteroatoms. The lowest BCUT2D eigenvalue weighted by Gasteiger charge is -2.39. The largest absolute Gasteiger partial charge is 0.388 e. The predicted octanol–water partition coefficient (Wildman–Crippen LogP) is 6.02. The third-order valence-corrected chi connectivity index (χ3v) is 10.5. The number of thiophene rings is 1. The summed E-state index contributed by atoms with van der Waals surface area (Å²) in [6.45, 7) is 1.15. The molecule has 3 aliphatic rings. The zero-order valence-corrected chi connectivity index (χ0v) is 24.5. The van der Waals surface area contributed by atoms with Crippen molar-refractivity contribution in [3.05, 3.63) is 92.7 Å². The van der Waals surface area contributed by atoms with Gasteiger partial charge in [-0.25, -0.2) is 4.98 Å². The SMILES string of the molecule is O=C(CC(c1ccccc1)C1CC1)N1CCC(O)(Cn2cnc3c(-c4cc(Cl)c5c(c4)C[CH]C5)scc3c2=O)CC1. The number of piperidine rings is 1. The van der Waals surface area contributed by atoms with Crippen molar-refractivity contribution in [2.45, 2.75) is 63.0 Å². The molecule has 1 atom stereocenters. The van der Waals surface area contributed by atoms with Crippen molar-refractivity contribution < 1.29 is 9.90 Å². The van der Waals surface area contributed by atoms with Crippen LogP contribution < -0.4 is 5.56 Å². The van der Waals surface area contributed by atoms with Gasteiger partial charge in [0.05, 0.1) is 34.3 Å². The molecule has 2 aliphatic carbocycles. The van der Waals surface area contributed by atoms with E-state index in [9.17, 15) is 14.7 Å². The highest BCUT2D eigenvalue weighted by molar-refractivity contribution is 7.15. The molecule has 6 nitrogen and oxygen atoms in total. The summed E-state index contributed by atoms with van der Waals surface area (Å²) in [5, 5.41) is 14.6. The molecule has 1 amide bonds. The van der Waals surface area contributed by atoms with Crippen LogP contribution in [0, 0.1) is 12.3 Å². The van der Waals surface area contributed by atoms with Crippen molar-refractivity contribution in [1.29, 1.82) is 0 Å². The molecule has 0 bridgehead atoms. The number of aliphatic hydroxyl groups is 1. The van der Waals surface area contributed by atoms with E-state index >= 15 is 0 Å². The van der Waals surface area contributed by atoms with Crippen molar-refractivity contribution >= 4 is 39.7 Å². The number of hydrogen-bond donors (Lipinski definition) is 1. The number of halogens is 1. The minimum absolute atomic E-state index is 0.153. The van der Waals surface area contributed by atoms with E-state index in [0.29, 0.717) is 49.2 Å². The quantitative estimate of drug-likeness (QED) is 0.287. The lowest BCUT2D eigenvalue weighted by atomic mass is 9.88. The second-order valence-electron chi connectivity index (χ2n) is 12.0. The van der Waals surface area contributed by atoms with Gasteiger partial charge in [-0.3, -0.25) is 14.2 Å². The smallest absolute Gasteiger partial charge is 0.262 e. The van der Waals surface area contributed by atoms with E-state index in [0.717, 1.165) is 28.3 Å². The van der Waals surface area contributed by atoms with Crippen LogP contribution in [0.25, 0.3) is 21.3 Å². The van der Waals surface area contributed by atoms with Crippen molar-refractivity contribution in [2.75, 3.05) is 13.1 Å². The van der Waals surface area contributed by atoms with Gasteiger partial charge >= 0.3 is 0 Å². The standard InChI is InChI=1S/C33H33ClN3O3S/c34-28-16-24(15-23-7-4-8-25(23)28)31-30-27(18-41-31)32(39)37(20-35-30)19-33(40)11-13-36(14-12-33)29(38)17-26(22-9-10-22)21-5-2-1-3-6-21/h1-6,15-16,18,20,22,26,40H,7-14,17,19H2. The predicted molar refractivity (Wildman–Crippen MR) is 163 cm³/mol. The van der Waals surface area contributed by atoms with Gasteiger partial charge in [0, 0.05) is 29.9 Å². The zero-order valence-electron chi connectivity index (χ0n) is 22.9. The number of fused-ring (bicyclic) bond motifs is 2. The Bertz CT molecular complexity index is 1670. The van der Waals surface area contributed by atoms with Crippen LogP contribution >= 0.6 is 22.9 Å². The number of aromatic nitrogens is 2. The van der Waals surface area contributed by atoms with Gasteiger partial charge < -0.3 is 10.0 Å². The summed E-state index contributed by atoms with van der Waals surface area (Å²) in [7, 11) is 0. The normalized spacial score (nSPS) is 18.9. The highest BCUT2D eigenvalue weighted by atomic mass is 35.5. The molecule has 2 aromatic carbocycles. The molecular weight excluding hydrogens is 554 g/mol. The van der Waals surface area contributed by atoms with Gasteiger partial charge in [0.25, 0.3) is 5.56 Å². The highest BCUT2D eigenvalue weighted by Crippen LogP contribution is 2.45. The lowest BCUT2D eigenvalue weighted by molar-refractivity contribution is -0.136. The molecule has 211 valence electrons. The summed E-state index contributed by atoms with van der Waals surface area (Å²) < 4.78 is 1.53. The molecule has 1 radical (unpaired) electrons. The van der Waals surface area contributed by atoms with Gasteiger partial charge in [-0.05, 0) is 91.2 Å². The van der Waals surface area contributed by atoms with Gasteiger partial charge in [0.2, 0.25) is 5.91 Å². The highest BCUT2D eigenvalue weighted by Gasteiger charge is 2.38. The minimum Gasteiger partial charge on any atom is -0.388 e. The third kappa shape index (κ3) is 5.24. The monoisotopic (exact) mass is 586 g/mol. The molecule has 7 rings (SSSR count). The van der Waals surface area contributed by atoms with Crippen molar-refractivity contribution in [1.82, 2.24) is 14.5 Å². The average molecular weight is 587 g/mol. The van der Waals surface area contributed by atoms with Crippen LogP contribution in [0.4, 0.5) is 0 Å². The number of rotatable bonds is 7. The summed E-state index contributed by atoms with van der Waals surface area (Å²) in [5.41, 5.74) is 4.11. The van der Waals surface area contributed by atoms with Gasteiger partial charge in [-0.1, -0.05) is 41.9 Å². The maximum absolute atomic E-state index is 13.5. The molecular formula is C33H33ClN3O3S. The van der Waals surface area contributed by atoms with Gasteiger partial charge in [-0.15, -0.1) is 11.3 Å². The van der Waals surface area contributed by atoms with E-state index < -0.39 is 5.60 Å². The molecule has 1 saturated carbocycles. The Labute approximate surface area is 248 Å². The summed E-state index contributed by atoms with van der Waals surface area (Å²) in [5.74, 6) is 1.01. The van der Waals surface area contributed by atoms with E-state index in [4.69, 9.17) is 11.6 Å². The number of carbonyl (C=O) groups is 1. The summed E-state index contributed by atoms with van der Waals surface area (Å²) >= 11 is 8.07. The first-order valence-corrected chi connectivity index (χ1v) is 15.8. The Morgan fingerprint density at radius 3 is 2.68 bits per heavy atom. The van der Waals surface area contributed by atoms with Crippen molar-refractivity contribution in [3.8, 4) is 10.4 Å². The Hall–Kier alpha value is -3.00. The van der Waals surface area contributed by atoms with Crippen molar-refractivity contribution in [2.24, 2.45) is 5.92 Å². The van der Waals surface area contributed by atoms with E-state index in [1.54, 1.807) is 6.33 Å². The van der Waals surface area contributed by atoms with Crippen LogP contribution in [-0.4, -0.2) is 44.2 Å². The van der Waals surface area contributed by atoms with Crippen LogP contribution in [0.2, 0.25) is 5.02 Å². The Morgan fingerprint density at radius 1 is 1.15 bits per heavy atom. The molecule has 2 aromatic heterocycles. The molecule has 0 spiro atoms. The summed E-state index contributed by atoms with van der Waals surface area (Å²) in [6.07, 6.45) is 9.33. The molecule has 3 heterocycles. The fourth-order valence-electron chi connectivity index (χ4n) is 6.61. The first-order valence-electron chi connectivity index (χ1n) is 14.5. The van der Waals surface area contributed by atoms with Crippen LogP contribution in [0.1, 0.15) is 54.7 Å². The molecule has 2 fully saturated rings. The molecule has 1 aliphatic heterocycles. The lowest BCUT2D eigenvalue weighted by Crippen LogP contribution is -2.49. The number of benzene rings is 2. The van der Waals surface area contributed by atoms with Crippen LogP contribution in [0.5, 0.6) is 0 Å². The topological polar surface area (TPSA) is 75.4 Å². The van der Waals surface area contributed by atoms with Crippen LogP contribution in [0.3, 0.4) is 0 Å². The minimum atomic E-state index is -1.06. The molecule has 41 heavy (non-hydrogen) atoms. The number of likely N-dealkylation sites (tertiary alicyclic amines) is 1. The van der Waals surface area contributed by atoms with Gasteiger partial charge in [-0.2, -0.15) is 0 Å². The van der Waals surface area contributed by atoms with E-state index in [2.05, 4.69) is 29.6 Å². The maximum Gasteiger partial charge on any atom is 0.262 e. The fraction of sp³-hybridized carbons (Fsp3) is 0.394. The van der Waals surface area contributed by atoms with Gasteiger partial charge in [0.1, 0.15) is 0 Å². The fourth-order valence-corrected chi connectivity index (χ4v) is 7.90. The average Bonchev–Trinajstić information content (AvgIpc) is 3.53. The first kappa shape index (κ1) is 26.9. The second kappa shape index (κ2) is 10.7. The molecule has 1 saturated heterocycles.